The normalized spacial score (nSPS) is 21.4. The molecule has 0 unspecified atom stereocenters. The number of aromatic nitrogens is 3. The molecule has 0 aromatic carbocycles. The first-order valence-corrected chi connectivity index (χ1v) is 10.7. The number of pyridine rings is 1. The first-order chi connectivity index (χ1) is 13.1. The second kappa shape index (κ2) is 7.99. The van der Waals surface area contributed by atoms with Crippen molar-refractivity contribution in [3.8, 4) is 0 Å². The molecule has 5 heteroatoms. The Kier molecular flexibility index (Phi) is 5.46. The molecule has 2 aromatic heterocycles. The van der Waals surface area contributed by atoms with Crippen molar-refractivity contribution in [2.45, 2.75) is 77.2 Å². The molecule has 2 aromatic rings. The molecule has 27 heavy (non-hydrogen) atoms. The minimum Gasteiger partial charge on any atom is -0.342 e. The zero-order valence-electron chi connectivity index (χ0n) is 16.7. The van der Waals surface area contributed by atoms with E-state index in [1.54, 1.807) is 6.20 Å². The molecule has 3 heterocycles. The number of rotatable bonds is 5. The Balaban J connectivity index is 1.42. The fraction of sp³-hybridized carbons (Fsp3) is 0.682. The van der Waals surface area contributed by atoms with Crippen LogP contribution in [0.3, 0.4) is 0 Å². The lowest BCUT2D eigenvalue weighted by molar-refractivity contribution is -0.130. The van der Waals surface area contributed by atoms with Gasteiger partial charge in [0.1, 0.15) is 5.82 Å². The Bertz CT molecular complexity index is 791. The highest BCUT2D eigenvalue weighted by atomic mass is 16.2. The van der Waals surface area contributed by atoms with Crippen LogP contribution in [-0.2, 0) is 4.79 Å². The maximum absolute atomic E-state index is 12.7. The van der Waals surface area contributed by atoms with Crippen molar-refractivity contribution in [3.05, 3.63) is 24.3 Å². The fourth-order valence-corrected chi connectivity index (χ4v) is 4.95. The van der Waals surface area contributed by atoms with E-state index < -0.39 is 0 Å². The summed E-state index contributed by atoms with van der Waals surface area (Å²) in [6.45, 7) is 6.07. The molecule has 2 fully saturated rings. The Labute approximate surface area is 162 Å². The fourth-order valence-electron chi connectivity index (χ4n) is 4.95. The number of nitrogens with zero attached hydrogens (tertiary/aromatic N) is 4. The van der Waals surface area contributed by atoms with Crippen molar-refractivity contribution in [2.75, 3.05) is 13.1 Å². The van der Waals surface area contributed by atoms with Crippen LogP contribution in [0.2, 0.25) is 0 Å². The van der Waals surface area contributed by atoms with Gasteiger partial charge in [-0.05, 0) is 38.7 Å². The first kappa shape index (κ1) is 18.5. The summed E-state index contributed by atoms with van der Waals surface area (Å²) in [6.07, 6.45) is 13.3. The monoisotopic (exact) mass is 368 g/mol. The van der Waals surface area contributed by atoms with E-state index in [0.29, 0.717) is 17.9 Å². The van der Waals surface area contributed by atoms with Crippen molar-refractivity contribution in [3.63, 3.8) is 0 Å². The highest BCUT2D eigenvalue weighted by Crippen LogP contribution is 2.32. The standard InChI is InChI=1S/C22H32N4O/c1-16(2)26-20-14-23-12-10-19(20)24-22(26)18-11-13-25(15-18)21(27)9-8-17-6-4-3-5-7-17/h10,12,14,16-18H,3-9,11,13,15H2,1-2H3/t18-/m1/s1. The van der Waals surface area contributed by atoms with E-state index in [1.807, 2.05) is 12.3 Å². The first-order valence-electron chi connectivity index (χ1n) is 10.7. The van der Waals surface area contributed by atoms with Gasteiger partial charge in [-0.1, -0.05) is 32.1 Å². The van der Waals surface area contributed by atoms with Crippen LogP contribution < -0.4 is 0 Å². The summed E-state index contributed by atoms with van der Waals surface area (Å²) in [5.74, 6) is 2.57. The molecule has 1 aliphatic carbocycles. The third kappa shape index (κ3) is 3.87. The molecule has 0 spiro atoms. The van der Waals surface area contributed by atoms with Crippen LogP contribution in [0.1, 0.15) is 83.0 Å². The van der Waals surface area contributed by atoms with Gasteiger partial charge in [-0.2, -0.15) is 0 Å². The Morgan fingerprint density at radius 1 is 1.22 bits per heavy atom. The van der Waals surface area contributed by atoms with Crippen molar-refractivity contribution < 1.29 is 4.79 Å². The molecule has 5 nitrogen and oxygen atoms in total. The highest BCUT2D eigenvalue weighted by molar-refractivity contribution is 5.77. The Hall–Kier alpha value is -1.91. The van der Waals surface area contributed by atoms with Gasteiger partial charge in [0.2, 0.25) is 5.91 Å². The lowest BCUT2D eigenvalue weighted by atomic mass is 9.86. The zero-order chi connectivity index (χ0) is 18.8. The minimum absolute atomic E-state index is 0.332. The lowest BCUT2D eigenvalue weighted by Gasteiger charge is -2.23. The summed E-state index contributed by atoms with van der Waals surface area (Å²) in [5.41, 5.74) is 2.11. The van der Waals surface area contributed by atoms with Crippen LogP contribution in [0.15, 0.2) is 18.5 Å². The average Bonchev–Trinajstić information content (AvgIpc) is 3.31. The number of carbonyl (C=O) groups is 1. The van der Waals surface area contributed by atoms with Gasteiger partial charge in [0.15, 0.2) is 0 Å². The molecule has 4 rings (SSSR count). The summed E-state index contributed by atoms with van der Waals surface area (Å²) in [5, 5.41) is 0. The third-order valence-corrected chi connectivity index (χ3v) is 6.43. The molecule has 2 aliphatic rings. The summed E-state index contributed by atoms with van der Waals surface area (Å²) in [7, 11) is 0. The average molecular weight is 369 g/mol. The lowest BCUT2D eigenvalue weighted by Crippen LogP contribution is -2.29. The number of carbonyl (C=O) groups excluding carboxylic acids is 1. The highest BCUT2D eigenvalue weighted by Gasteiger charge is 2.31. The van der Waals surface area contributed by atoms with E-state index in [4.69, 9.17) is 4.98 Å². The molecule has 0 radical (unpaired) electrons. The van der Waals surface area contributed by atoms with Crippen molar-refractivity contribution in [1.82, 2.24) is 19.4 Å². The van der Waals surface area contributed by atoms with Gasteiger partial charge in [0.25, 0.3) is 0 Å². The molecule has 1 atom stereocenters. The number of hydrogen-bond acceptors (Lipinski definition) is 3. The molecule has 146 valence electrons. The Morgan fingerprint density at radius 3 is 2.81 bits per heavy atom. The molecular formula is C22H32N4O. The number of fused-ring (bicyclic) bond motifs is 1. The summed E-state index contributed by atoms with van der Waals surface area (Å²) >= 11 is 0. The van der Waals surface area contributed by atoms with Crippen LogP contribution in [-0.4, -0.2) is 38.4 Å². The molecule has 1 aliphatic heterocycles. The summed E-state index contributed by atoms with van der Waals surface area (Å²) in [6, 6.07) is 2.32. The largest absolute Gasteiger partial charge is 0.342 e. The minimum atomic E-state index is 0.332. The topological polar surface area (TPSA) is 51.0 Å². The van der Waals surface area contributed by atoms with Crippen LogP contribution >= 0.6 is 0 Å². The van der Waals surface area contributed by atoms with Crippen LogP contribution in [0.25, 0.3) is 11.0 Å². The van der Waals surface area contributed by atoms with Gasteiger partial charge in [-0.3, -0.25) is 9.78 Å². The van der Waals surface area contributed by atoms with Gasteiger partial charge < -0.3 is 9.47 Å². The molecule has 0 bridgehead atoms. The van der Waals surface area contributed by atoms with E-state index in [1.165, 1.54) is 32.1 Å². The van der Waals surface area contributed by atoms with E-state index in [-0.39, 0.29) is 0 Å². The third-order valence-electron chi connectivity index (χ3n) is 6.43. The summed E-state index contributed by atoms with van der Waals surface area (Å²) in [4.78, 5) is 24.0. The molecular weight excluding hydrogens is 336 g/mol. The van der Waals surface area contributed by atoms with Crippen LogP contribution in [0.4, 0.5) is 0 Å². The SMILES string of the molecule is CC(C)n1c([C@@H]2CCN(C(=O)CCC3CCCCC3)C2)nc2ccncc21. The van der Waals surface area contributed by atoms with E-state index >= 15 is 0 Å². The number of likely N-dealkylation sites (tertiary alicyclic amines) is 1. The quantitative estimate of drug-likeness (QED) is 0.769. The van der Waals surface area contributed by atoms with Crippen molar-refractivity contribution in [2.24, 2.45) is 5.92 Å². The van der Waals surface area contributed by atoms with E-state index in [2.05, 4.69) is 28.3 Å². The molecule has 1 saturated carbocycles. The summed E-state index contributed by atoms with van der Waals surface area (Å²) < 4.78 is 2.31. The van der Waals surface area contributed by atoms with Crippen molar-refractivity contribution in [1.29, 1.82) is 0 Å². The second-order valence-electron chi connectivity index (χ2n) is 8.67. The van der Waals surface area contributed by atoms with Gasteiger partial charge in [0.05, 0.1) is 17.2 Å². The molecule has 1 amide bonds. The zero-order valence-corrected chi connectivity index (χ0v) is 16.7. The second-order valence-corrected chi connectivity index (χ2v) is 8.67. The molecule has 0 N–H and O–H groups in total. The maximum Gasteiger partial charge on any atom is 0.222 e. The van der Waals surface area contributed by atoms with Crippen LogP contribution in [0.5, 0.6) is 0 Å². The van der Waals surface area contributed by atoms with E-state index in [9.17, 15) is 4.79 Å². The van der Waals surface area contributed by atoms with Gasteiger partial charge in [-0.25, -0.2) is 4.98 Å². The smallest absolute Gasteiger partial charge is 0.222 e. The number of hydrogen-bond donors (Lipinski definition) is 0. The maximum atomic E-state index is 12.7. The predicted molar refractivity (Wildman–Crippen MR) is 108 cm³/mol. The van der Waals surface area contributed by atoms with Gasteiger partial charge >= 0.3 is 0 Å². The van der Waals surface area contributed by atoms with Crippen LogP contribution in [0, 0.1) is 5.92 Å². The van der Waals surface area contributed by atoms with E-state index in [0.717, 1.165) is 55.1 Å². The number of amides is 1. The predicted octanol–water partition coefficient (Wildman–Crippen LogP) is 4.69. The number of imidazole rings is 1. The Morgan fingerprint density at radius 2 is 2.04 bits per heavy atom. The van der Waals surface area contributed by atoms with Gasteiger partial charge in [0, 0.05) is 37.7 Å². The molecule has 1 saturated heterocycles. The van der Waals surface area contributed by atoms with Gasteiger partial charge in [-0.15, -0.1) is 0 Å². The van der Waals surface area contributed by atoms with Crippen molar-refractivity contribution >= 4 is 16.9 Å².